The molecule has 3 aromatic rings. The van der Waals surface area contributed by atoms with E-state index in [1.807, 2.05) is 50.6 Å². The minimum absolute atomic E-state index is 0.0523. The molecule has 0 radical (unpaired) electrons. The van der Waals surface area contributed by atoms with Gasteiger partial charge in [-0.3, -0.25) is 4.79 Å². The van der Waals surface area contributed by atoms with E-state index in [1.165, 1.54) is 0 Å². The lowest BCUT2D eigenvalue weighted by atomic mass is 10.1. The number of aromatic nitrogens is 1. The van der Waals surface area contributed by atoms with Gasteiger partial charge in [0.1, 0.15) is 5.75 Å². The molecule has 4 rings (SSSR count). The van der Waals surface area contributed by atoms with Gasteiger partial charge in [-0.2, -0.15) is 0 Å². The Morgan fingerprint density at radius 3 is 2.85 bits per heavy atom. The van der Waals surface area contributed by atoms with Gasteiger partial charge in [-0.15, -0.1) is 0 Å². The molecule has 0 saturated carbocycles. The number of para-hydroxylation sites is 1. The van der Waals surface area contributed by atoms with Crippen molar-refractivity contribution in [1.29, 1.82) is 0 Å². The van der Waals surface area contributed by atoms with E-state index in [0.717, 1.165) is 48.0 Å². The summed E-state index contributed by atoms with van der Waals surface area (Å²) in [7, 11) is 4.10. The maximum Gasteiger partial charge on any atom is 0.253 e. The third-order valence-corrected chi connectivity index (χ3v) is 5.37. The Balaban J connectivity index is 1.62. The van der Waals surface area contributed by atoms with Gasteiger partial charge < -0.3 is 19.9 Å². The number of nitrogens with one attached hydrogen (secondary N) is 1. The summed E-state index contributed by atoms with van der Waals surface area (Å²) >= 11 is 0. The van der Waals surface area contributed by atoms with Crippen LogP contribution in [0.15, 0.2) is 48.7 Å². The minimum atomic E-state index is -0.0593. The molecule has 0 fully saturated rings. The highest BCUT2D eigenvalue weighted by Gasteiger charge is 2.27. The predicted molar refractivity (Wildman–Crippen MR) is 107 cm³/mol. The fourth-order valence-corrected chi connectivity index (χ4v) is 3.94. The van der Waals surface area contributed by atoms with Crippen molar-refractivity contribution in [3.8, 4) is 5.75 Å². The van der Waals surface area contributed by atoms with Crippen molar-refractivity contribution >= 4 is 16.8 Å². The Morgan fingerprint density at radius 2 is 2.04 bits per heavy atom. The first-order valence-electron chi connectivity index (χ1n) is 9.39. The van der Waals surface area contributed by atoms with Gasteiger partial charge in [0.15, 0.2) is 0 Å². The highest BCUT2D eigenvalue weighted by Crippen LogP contribution is 2.36. The van der Waals surface area contributed by atoms with Gasteiger partial charge in [0, 0.05) is 30.2 Å². The molecular weight excluding hydrogens is 338 g/mol. The molecule has 0 bridgehead atoms. The monoisotopic (exact) mass is 363 g/mol. The molecule has 1 amide bonds. The Kier molecular flexibility index (Phi) is 4.62. The first-order valence-corrected chi connectivity index (χ1v) is 9.39. The van der Waals surface area contributed by atoms with Crippen molar-refractivity contribution in [2.24, 2.45) is 0 Å². The van der Waals surface area contributed by atoms with Crippen molar-refractivity contribution in [3.63, 3.8) is 0 Å². The predicted octanol–water partition coefficient (Wildman–Crippen LogP) is 3.33. The molecule has 5 heteroatoms. The van der Waals surface area contributed by atoms with Gasteiger partial charge in [-0.25, -0.2) is 0 Å². The molecule has 0 spiro atoms. The molecule has 1 aromatic heterocycles. The maximum absolute atomic E-state index is 13.1. The molecular formula is C22H25N3O2. The average Bonchev–Trinajstić information content (AvgIpc) is 3.23. The molecule has 1 heterocycles. The minimum Gasteiger partial charge on any atom is -0.508 e. The highest BCUT2D eigenvalue weighted by molar-refractivity contribution is 6.07. The normalized spacial score (nSPS) is 16.0. The number of nitrogens with zero attached hydrogens (tertiary/aromatic N) is 2. The number of benzene rings is 2. The quantitative estimate of drug-likeness (QED) is 0.731. The topological polar surface area (TPSA) is 57.5 Å². The second kappa shape index (κ2) is 7.08. The first kappa shape index (κ1) is 17.6. The number of phenolic OH excluding ortho intramolecular Hbond substituents is 1. The van der Waals surface area contributed by atoms with Crippen LogP contribution in [0.4, 0.5) is 0 Å². The van der Waals surface area contributed by atoms with E-state index in [9.17, 15) is 9.90 Å². The second-order valence-corrected chi connectivity index (χ2v) is 7.47. The van der Waals surface area contributed by atoms with Crippen molar-refractivity contribution in [1.82, 2.24) is 14.8 Å². The second-order valence-electron chi connectivity index (χ2n) is 7.47. The third-order valence-electron chi connectivity index (χ3n) is 5.37. The summed E-state index contributed by atoms with van der Waals surface area (Å²) in [6, 6.07) is 13.5. The van der Waals surface area contributed by atoms with Gasteiger partial charge in [0.05, 0.1) is 11.6 Å². The van der Waals surface area contributed by atoms with Gasteiger partial charge >= 0.3 is 0 Å². The maximum atomic E-state index is 13.1. The van der Waals surface area contributed by atoms with Gasteiger partial charge in [0.2, 0.25) is 0 Å². The van der Waals surface area contributed by atoms with Crippen LogP contribution in [0.2, 0.25) is 0 Å². The smallest absolute Gasteiger partial charge is 0.253 e. The lowest BCUT2D eigenvalue weighted by molar-refractivity contribution is 0.0938. The number of rotatable bonds is 5. The van der Waals surface area contributed by atoms with Gasteiger partial charge in [-0.1, -0.05) is 30.3 Å². The third kappa shape index (κ3) is 3.30. The molecule has 0 aliphatic heterocycles. The van der Waals surface area contributed by atoms with Crippen LogP contribution in [0.3, 0.4) is 0 Å². The van der Waals surface area contributed by atoms with E-state index in [2.05, 4.69) is 20.9 Å². The van der Waals surface area contributed by atoms with Crippen LogP contribution in [0.1, 0.15) is 33.9 Å². The zero-order valence-electron chi connectivity index (χ0n) is 15.8. The SMILES string of the molecule is CN(C)CCn1cc(C(=O)NC2CCc3c(O)cccc32)c2ccccc21. The Labute approximate surface area is 159 Å². The molecule has 1 aliphatic rings. The standard InChI is InChI=1S/C22H25N3O2/c1-24(2)12-13-25-14-18(16-6-3-4-8-20(16)25)22(27)23-19-11-10-17-15(19)7-5-9-21(17)26/h3-9,14,19,26H,10-13H2,1-2H3,(H,23,27). The molecule has 5 nitrogen and oxygen atoms in total. The number of fused-ring (bicyclic) bond motifs is 2. The molecule has 1 aliphatic carbocycles. The Hall–Kier alpha value is -2.79. The lowest BCUT2D eigenvalue weighted by Gasteiger charge is -2.14. The lowest BCUT2D eigenvalue weighted by Crippen LogP contribution is -2.27. The summed E-state index contributed by atoms with van der Waals surface area (Å²) in [5.41, 5.74) is 3.77. The number of hydrogen-bond acceptors (Lipinski definition) is 3. The fourth-order valence-electron chi connectivity index (χ4n) is 3.94. The van der Waals surface area contributed by atoms with Crippen LogP contribution in [-0.4, -0.2) is 41.1 Å². The molecule has 140 valence electrons. The van der Waals surface area contributed by atoms with Crippen LogP contribution in [0.25, 0.3) is 10.9 Å². The number of aromatic hydroxyl groups is 1. The van der Waals surface area contributed by atoms with E-state index < -0.39 is 0 Å². The first-order chi connectivity index (χ1) is 13.0. The molecule has 2 aromatic carbocycles. The zero-order chi connectivity index (χ0) is 19.0. The molecule has 1 unspecified atom stereocenters. The van der Waals surface area contributed by atoms with Crippen molar-refractivity contribution in [3.05, 3.63) is 65.4 Å². The number of amides is 1. The van der Waals surface area contributed by atoms with E-state index in [-0.39, 0.29) is 11.9 Å². The number of carbonyl (C=O) groups is 1. The number of likely N-dealkylation sites (N-methyl/N-ethyl adjacent to an activating group) is 1. The van der Waals surface area contributed by atoms with Crippen molar-refractivity contribution in [2.75, 3.05) is 20.6 Å². The summed E-state index contributed by atoms with van der Waals surface area (Å²) in [5.74, 6) is 0.264. The Bertz CT molecular complexity index is 990. The molecule has 27 heavy (non-hydrogen) atoms. The van der Waals surface area contributed by atoms with Crippen LogP contribution >= 0.6 is 0 Å². The Morgan fingerprint density at radius 1 is 1.22 bits per heavy atom. The molecule has 0 saturated heterocycles. The van der Waals surface area contributed by atoms with Crippen LogP contribution in [0, 0.1) is 0 Å². The summed E-state index contributed by atoms with van der Waals surface area (Å²) in [6.45, 7) is 1.75. The van der Waals surface area contributed by atoms with Crippen molar-refractivity contribution in [2.45, 2.75) is 25.4 Å². The largest absolute Gasteiger partial charge is 0.508 e. The van der Waals surface area contributed by atoms with Crippen molar-refractivity contribution < 1.29 is 9.90 Å². The van der Waals surface area contributed by atoms with Crippen LogP contribution in [0.5, 0.6) is 5.75 Å². The van der Waals surface area contributed by atoms with Gasteiger partial charge in [0.25, 0.3) is 5.91 Å². The van der Waals surface area contributed by atoms with E-state index in [0.29, 0.717) is 11.3 Å². The van der Waals surface area contributed by atoms with Crippen LogP contribution in [-0.2, 0) is 13.0 Å². The van der Waals surface area contributed by atoms with E-state index in [1.54, 1.807) is 6.07 Å². The number of phenols is 1. The zero-order valence-corrected chi connectivity index (χ0v) is 15.8. The molecule has 2 N–H and O–H groups in total. The highest BCUT2D eigenvalue weighted by atomic mass is 16.3. The van der Waals surface area contributed by atoms with Crippen LogP contribution < -0.4 is 5.32 Å². The number of hydrogen-bond donors (Lipinski definition) is 2. The summed E-state index contributed by atoms with van der Waals surface area (Å²) in [5, 5.41) is 14.2. The molecule has 1 atom stereocenters. The average molecular weight is 363 g/mol. The summed E-state index contributed by atoms with van der Waals surface area (Å²) < 4.78 is 2.15. The fraction of sp³-hybridized carbons (Fsp3) is 0.318. The number of carbonyl (C=O) groups excluding carboxylic acids is 1. The summed E-state index contributed by atoms with van der Waals surface area (Å²) in [6.07, 6.45) is 3.57. The van der Waals surface area contributed by atoms with Gasteiger partial charge in [-0.05, 0) is 50.2 Å². The van der Waals surface area contributed by atoms with E-state index >= 15 is 0 Å². The van der Waals surface area contributed by atoms with E-state index in [4.69, 9.17) is 0 Å². The summed E-state index contributed by atoms with van der Waals surface area (Å²) in [4.78, 5) is 15.2.